The highest BCUT2D eigenvalue weighted by molar-refractivity contribution is 9.10. The molecule has 116 valence electrons. The van der Waals surface area contributed by atoms with Gasteiger partial charge in [0.2, 0.25) is 0 Å². The molecule has 0 fully saturated rings. The molecule has 0 unspecified atom stereocenters. The Bertz CT molecular complexity index is 523. The van der Waals surface area contributed by atoms with Gasteiger partial charge in [0.1, 0.15) is 5.69 Å². The van der Waals surface area contributed by atoms with Crippen LogP contribution in [-0.2, 0) is 13.0 Å². The molecule has 2 rings (SSSR count). The van der Waals surface area contributed by atoms with Crippen LogP contribution >= 0.6 is 15.9 Å². The lowest BCUT2D eigenvalue weighted by molar-refractivity contribution is -0.384. The van der Waals surface area contributed by atoms with E-state index in [2.05, 4.69) is 26.6 Å². The Morgan fingerprint density at radius 1 is 1.38 bits per heavy atom. The molecule has 0 amide bonds. The molecule has 1 aliphatic heterocycles. The van der Waals surface area contributed by atoms with Gasteiger partial charge in [-0.25, -0.2) is 0 Å². The normalized spacial score (nSPS) is 13.8. The van der Waals surface area contributed by atoms with E-state index in [-0.39, 0.29) is 17.2 Å². The third kappa shape index (κ3) is 3.93. The van der Waals surface area contributed by atoms with Crippen LogP contribution in [-0.4, -0.2) is 29.7 Å². The Kier molecular flexibility index (Phi) is 5.96. The van der Waals surface area contributed by atoms with Crippen molar-refractivity contribution in [2.75, 3.05) is 25.0 Å². The lowest BCUT2D eigenvalue weighted by atomic mass is 9.98. The maximum atomic E-state index is 11.3. The van der Waals surface area contributed by atoms with E-state index in [0.29, 0.717) is 18.8 Å². The number of anilines is 1. The molecule has 0 radical (unpaired) electrons. The highest BCUT2D eigenvalue weighted by Gasteiger charge is 2.24. The van der Waals surface area contributed by atoms with Crippen LogP contribution in [0.2, 0.25) is 0 Å². The van der Waals surface area contributed by atoms with Crippen LogP contribution in [0.1, 0.15) is 30.4 Å². The molecule has 1 heterocycles. The third-order valence-corrected chi connectivity index (χ3v) is 4.37. The number of nitro benzene ring substituents is 1. The fraction of sp³-hybridized carbons (Fsp3) is 0.571. The van der Waals surface area contributed by atoms with Gasteiger partial charge in [0.15, 0.2) is 0 Å². The van der Waals surface area contributed by atoms with E-state index in [9.17, 15) is 10.1 Å². The number of unbranched alkanes of at least 4 members (excludes halogenated alkanes) is 2. The molecule has 0 bridgehead atoms. The average Bonchev–Trinajstić information content (AvgIpc) is 2.48. The monoisotopic (exact) mass is 357 g/mol. The van der Waals surface area contributed by atoms with Gasteiger partial charge in [0.25, 0.3) is 5.69 Å². The first-order chi connectivity index (χ1) is 10.1. The molecule has 0 aromatic heterocycles. The Morgan fingerprint density at radius 3 is 2.90 bits per heavy atom. The van der Waals surface area contributed by atoms with Crippen LogP contribution in [0.5, 0.6) is 0 Å². The van der Waals surface area contributed by atoms with E-state index in [1.165, 1.54) is 0 Å². The van der Waals surface area contributed by atoms with Gasteiger partial charge in [0.05, 0.1) is 4.92 Å². The predicted molar refractivity (Wildman–Crippen MR) is 85.6 cm³/mol. The third-order valence-electron chi connectivity index (χ3n) is 3.66. The molecular formula is C14H20BrN3O3. The molecule has 0 aliphatic carbocycles. The minimum absolute atomic E-state index is 0.117. The van der Waals surface area contributed by atoms with Gasteiger partial charge in [-0.05, 0) is 37.8 Å². The summed E-state index contributed by atoms with van der Waals surface area (Å²) in [6.07, 6.45) is 3.43. The smallest absolute Gasteiger partial charge is 0.293 e. The number of halogens is 1. The van der Waals surface area contributed by atoms with Gasteiger partial charge in [0, 0.05) is 35.8 Å². The maximum absolute atomic E-state index is 11.3. The SMILES string of the molecule is O=[N+]([O-])c1cc(Br)c2c(c1NCCCCCO)CNCC2. The van der Waals surface area contributed by atoms with Crippen LogP contribution in [0, 0.1) is 10.1 Å². The predicted octanol–water partition coefficient (Wildman–Crippen LogP) is 2.58. The van der Waals surface area contributed by atoms with Crippen molar-refractivity contribution in [2.24, 2.45) is 0 Å². The number of rotatable bonds is 7. The van der Waals surface area contributed by atoms with Crippen molar-refractivity contribution >= 4 is 27.3 Å². The number of nitrogens with zero attached hydrogens (tertiary/aromatic N) is 1. The zero-order valence-corrected chi connectivity index (χ0v) is 13.4. The van der Waals surface area contributed by atoms with Gasteiger partial charge in [-0.15, -0.1) is 0 Å². The highest BCUT2D eigenvalue weighted by Crippen LogP contribution is 2.37. The molecule has 0 spiro atoms. The minimum atomic E-state index is -0.338. The van der Waals surface area contributed by atoms with Crippen molar-refractivity contribution in [3.8, 4) is 0 Å². The molecule has 6 nitrogen and oxygen atoms in total. The van der Waals surface area contributed by atoms with Crippen LogP contribution in [0.4, 0.5) is 11.4 Å². The van der Waals surface area contributed by atoms with Crippen molar-refractivity contribution in [2.45, 2.75) is 32.2 Å². The number of benzene rings is 1. The molecule has 7 heteroatoms. The van der Waals surface area contributed by atoms with Crippen LogP contribution in [0.3, 0.4) is 0 Å². The van der Waals surface area contributed by atoms with Gasteiger partial charge in [-0.1, -0.05) is 15.9 Å². The lowest BCUT2D eigenvalue weighted by Crippen LogP contribution is -2.25. The number of nitro groups is 1. The summed E-state index contributed by atoms with van der Waals surface area (Å²) in [6, 6.07) is 1.60. The van der Waals surface area contributed by atoms with Gasteiger partial charge in [-0.2, -0.15) is 0 Å². The van der Waals surface area contributed by atoms with E-state index in [1.54, 1.807) is 6.07 Å². The molecule has 0 saturated carbocycles. The molecule has 1 aromatic carbocycles. The first-order valence-electron chi connectivity index (χ1n) is 7.19. The standard InChI is InChI=1S/C14H20BrN3O3/c15-12-8-13(18(20)21)14(17-5-2-1-3-7-19)11-9-16-6-4-10(11)12/h8,16-17,19H,1-7,9H2. The summed E-state index contributed by atoms with van der Waals surface area (Å²) in [6.45, 7) is 2.40. The number of hydrogen-bond donors (Lipinski definition) is 3. The second-order valence-corrected chi connectivity index (χ2v) is 5.96. The van der Waals surface area contributed by atoms with E-state index in [0.717, 1.165) is 47.8 Å². The molecule has 21 heavy (non-hydrogen) atoms. The van der Waals surface area contributed by atoms with Crippen molar-refractivity contribution in [3.63, 3.8) is 0 Å². The van der Waals surface area contributed by atoms with Gasteiger partial charge in [-0.3, -0.25) is 10.1 Å². The first-order valence-corrected chi connectivity index (χ1v) is 7.98. The van der Waals surface area contributed by atoms with E-state index >= 15 is 0 Å². The number of aliphatic hydroxyl groups excluding tert-OH is 1. The van der Waals surface area contributed by atoms with Crippen LogP contribution < -0.4 is 10.6 Å². The lowest BCUT2D eigenvalue weighted by Gasteiger charge is -2.22. The van der Waals surface area contributed by atoms with Crippen LogP contribution in [0.15, 0.2) is 10.5 Å². The molecule has 0 atom stereocenters. The van der Waals surface area contributed by atoms with Crippen molar-refractivity contribution in [1.29, 1.82) is 0 Å². The Labute approximate surface area is 132 Å². The highest BCUT2D eigenvalue weighted by atomic mass is 79.9. The van der Waals surface area contributed by atoms with Gasteiger partial charge >= 0.3 is 0 Å². The Balaban J connectivity index is 2.22. The van der Waals surface area contributed by atoms with Crippen molar-refractivity contribution < 1.29 is 10.0 Å². The maximum Gasteiger partial charge on any atom is 0.293 e. The molecule has 3 N–H and O–H groups in total. The second-order valence-electron chi connectivity index (χ2n) is 5.10. The number of aliphatic hydroxyl groups is 1. The quantitative estimate of drug-likeness (QED) is 0.396. The zero-order chi connectivity index (χ0) is 15.2. The summed E-state index contributed by atoms with van der Waals surface area (Å²) in [7, 11) is 0. The fourth-order valence-electron chi connectivity index (χ4n) is 2.59. The molecule has 1 aromatic rings. The average molecular weight is 358 g/mol. The largest absolute Gasteiger partial charge is 0.396 e. The van der Waals surface area contributed by atoms with E-state index in [4.69, 9.17) is 5.11 Å². The first kappa shape index (κ1) is 16.2. The minimum Gasteiger partial charge on any atom is -0.396 e. The topological polar surface area (TPSA) is 87.4 Å². The summed E-state index contributed by atoms with van der Waals surface area (Å²) in [5.41, 5.74) is 2.89. The van der Waals surface area contributed by atoms with Gasteiger partial charge < -0.3 is 15.7 Å². The van der Waals surface area contributed by atoms with E-state index < -0.39 is 0 Å². The summed E-state index contributed by atoms with van der Waals surface area (Å²) in [5.74, 6) is 0. The molecule has 0 saturated heterocycles. The Morgan fingerprint density at radius 2 is 2.19 bits per heavy atom. The van der Waals surface area contributed by atoms with Crippen molar-refractivity contribution in [3.05, 3.63) is 31.8 Å². The number of fused-ring (bicyclic) bond motifs is 1. The number of nitrogens with one attached hydrogen (secondary N) is 2. The van der Waals surface area contributed by atoms with E-state index in [1.807, 2.05) is 0 Å². The summed E-state index contributed by atoms with van der Waals surface area (Å²) >= 11 is 3.45. The fourth-order valence-corrected chi connectivity index (χ4v) is 3.24. The summed E-state index contributed by atoms with van der Waals surface area (Å²) in [4.78, 5) is 10.9. The number of hydrogen-bond acceptors (Lipinski definition) is 5. The Hall–Kier alpha value is -1.18. The molecular weight excluding hydrogens is 338 g/mol. The van der Waals surface area contributed by atoms with Crippen LogP contribution in [0.25, 0.3) is 0 Å². The van der Waals surface area contributed by atoms with Crippen molar-refractivity contribution in [1.82, 2.24) is 5.32 Å². The summed E-state index contributed by atoms with van der Waals surface area (Å²) < 4.78 is 0.816. The molecule has 1 aliphatic rings. The summed E-state index contributed by atoms with van der Waals surface area (Å²) in [5, 5.41) is 26.5. The zero-order valence-electron chi connectivity index (χ0n) is 11.8. The second kappa shape index (κ2) is 7.72.